The molecule has 0 bridgehead atoms. The number of sulfonamides is 1. The lowest BCUT2D eigenvalue weighted by atomic mass is 10.2. The summed E-state index contributed by atoms with van der Waals surface area (Å²) in [5, 5.41) is 0.621. The molecule has 0 spiro atoms. The van der Waals surface area contributed by atoms with E-state index in [2.05, 4.69) is 6.07 Å². The van der Waals surface area contributed by atoms with E-state index in [1.807, 2.05) is 43.5 Å². The number of carbonyl (C=O) groups excluding carboxylic acids is 1. The smallest absolute Gasteiger partial charge is 0.264 e. The van der Waals surface area contributed by atoms with E-state index < -0.39 is 10.0 Å². The number of carbonyl (C=O) groups is 1. The van der Waals surface area contributed by atoms with Crippen molar-refractivity contribution < 1.29 is 13.2 Å². The normalized spacial score (nSPS) is 11.7. The largest absolute Gasteiger partial charge is 0.308 e. The molecule has 1 aromatic heterocycles. The Morgan fingerprint density at radius 1 is 0.944 bits per heavy atom. The van der Waals surface area contributed by atoms with Crippen molar-refractivity contribution in [3.8, 4) is 0 Å². The molecule has 36 heavy (non-hydrogen) atoms. The summed E-state index contributed by atoms with van der Waals surface area (Å²) in [6, 6.07) is 21.0. The van der Waals surface area contributed by atoms with Gasteiger partial charge in [0.1, 0.15) is 0 Å². The van der Waals surface area contributed by atoms with Crippen LogP contribution in [-0.4, -0.2) is 64.7 Å². The maximum atomic E-state index is 13.6. The number of hydrogen-bond acceptors (Lipinski definition) is 7. The molecule has 1 amide bonds. The number of anilines is 2. The van der Waals surface area contributed by atoms with Crippen molar-refractivity contribution in [1.29, 1.82) is 0 Å². The Morgan fingerprint density at radius 2 is 1.64 bits per heavy atom. The summed E-state index contributed by atoms with van der Waals surface area (Å²) in [7, 11) is 1.66. The standard InChI is InChI=1S/C26H28N4O3S3/c1-28(2)16-17-30(26-27-23-15-12-21(34-4)18-24(23)35-26)25(31)19-10-13-22(14-11-19)36(32,33)29(3)20-8-6-5-7-9-20/h5-15,18H,16-17H2,1-4H3. The maximum Gasteiger partial charge on any atom is 0.264 e. The zero-order valence-electron chi connectivity index (χ0n) is 20.6. The molecule has 0 aliphatic carbocycles. The Hall–Kier alpha value is -2.92. The first-order valence-electron chi connectivity index (χ1n) is 11.3. The molecule has 0 saturated carbocycles. The van der Waals surface area contributed by atoms with Crippen molar-refractivity contribution in [3.05, 3.63) is 78.4 Å². The second kappa shape index (κ2) is 11.0. The summed E-state index contributed by atoms with van der Waals surface area (Å²) < 4.78 is 28.5. The van der Waals surface area contributed by atoms with E-state index in [0.29, 0.717) is 29.5 Å². The van der Waals surface area contributed by atoms with Crippen LogP contribution in [0.1, 0.15) is 10.4 Å². The van der Waals surface area contributed by atoms with Crippen LogP contribution in [0, 0.1) is 0 Å². The van der Waals surface area contributed by atoms with Gasteiger partial charge in [0.2, 0.25) is 0 Å². The quantitative estimate of drug-likeness (QED) is 0.277. The molecule has 4 aromatic rings. The molecule has 0 aliphatic rings. The summed E-state index contributed by atoms with van der Waals surface area (Å²) in [6.07, 6.45) is 2.03. The molecule has 3 aromatic carbocycles. The van der Waals surface area contributed by atoms with Crippen LogP contribution in [0.4, 0.5) is 10.8 Å². The molecule has 1 heterocycles. The molecule has 188 valence electrons. The third-order valence-corrected chi connectivity index (χ3v) is 9.28. The van der Waals surface area contributed by atoms with Gasteiger partial charge in [0, 0.05) is 30.6 Å². The molecule has 7 nitrogen and oxygen atoms in total. The van der Waals surface area contributed by atoms with Gasteiger partial charge in [0.25, 0.3) is 15.9 Å². The predicted octanol–water partition coefficient (Wildman–Crippen LogP) is 5.05. The first-order chi connectivity index (χ1) is 17.2. The number of likely N-dealkylation sites (N-methyl/N-ethyl adjacent to an activating group) is 1. The van der Waals surface area contributed by atoms with Gasteiger partial charge < -0.3 is 4.90 Å². The molecular weight excluding hydrogens is 513 g/mol. The highest BCUT2D eigenvalue weighted by Crippen LogP contribution is 2.32. The predicted molar refractivity (Wildman–Crippen MR) is 150 cm³/mol. The minimum atomic E-state index is -3.76. The minimum absolute atomic E-state index is 0.120. The Balaban J connectivity index is 1.63. The highest BCUT2D eigenvalue weighted by atomic mass is 32.2. The van der Waals surface area contributed by atoms with Gasteiger partial charge in [-0.1, -0.05) is 29.5 Å². The van der Waals surface area contributed by atoms with Gasteiger partial charge in [-0.05, 0) is 74.9 Å². The molecule has 0 saturated heterocycles. The summed E-state index contributed by atoms with van der Waals surface area (Å²) in [6.45, 7) is 1.11. The highest BCUT2D eigenvalue weighted by molar-refractivity contribution is 7.98. The van der Waals surface area contributed by atoms with E-state index in [1.54, 1.807) is 53.1 Å². The summed E-state index contributed by atoms with van der Waals surface area (Å²) in [5.41, 5.74) is 1.81. The number of benzene rings is 3. The SMILES string of the molecule is CSc1ccc2nc(N(CCN(C)C)C(=O)c3ccc(S(=O)(=O)N(C)c4ccccc4)cc3)sc2c1. The average Bonchev–Trinajstić information content (AvgIpc) is 3.31. The van der Waals surface area contributed by atoms with E-state index >= 15 is 0 Å². The maximum absolute atomic E-state index is 13.6. The fourth-order valence-corrected chi connectivity index (χ4v) is 6.32. The highest BCUT2D eigenvalue weighted by Gasteiger charge is 2.24. The first kappa shape index (κ1) is 26.2. The van der Waals surface area contributed by atoms with Crippen molar-refractivity contribution in [1.82, 2.24) is 9.88 Å². The minimum Gasteiger partial charge on any atom is -0.308 e. The van der Waals surface area contributed by atoms with Crippen LogP contribution in [0.25, 0.3) is 10.2 Å². The van der Waals surface area contributed by atoms with Gasteiger partial charge in [0.05, 0.1) is 20.8 Å². The number of para-hydroxylation sites is 1. The monoisotopic (exact) mass is 540 g/mol. The van der Waals surface area contributed by atoms with Crippen LogP contribution in [0.3, 0.4) is 0 Å². The van der Waals surface area contributed by atoms with Crippen LogP contribution >= 0.6 is 23.1 Å². The van der Waals surface area contributed by atoms with Crippen molar-refractivity contribution in [3.63, 3.8) is 0 Å². The number of amides is 1. The lowest BCUT2D eigenvalue weighted by molar-refractivity contribution is 0.0985. The molecule has 0 fully saturated rings. The lowest BCUT2D eigenvalue weighted by Gasteiger charge is -2.22. The molecule has 0 aliphatic heterocycles. The van der Waals surface area contributed by atoms with Crippen molar-refractivity contribution in [2.75, 3.05) is 49.7 Å². The number of aromatic nitrogens is 1. The van der Waals surface area contributed by atoms with Crippen LogP contribution < -0.4 is 9.21 Å². The molecule has 0 radical (unpaired) electrons. The van der Waals surface area contributed by atoms with Crippen LogP contribution in [0.5, 0.6) is 0 Å². The van der Waals surface area contributed by atoms with Gasteiger partial charge in [-0.2, -0.15) is 0 Å². The third kappa shape index (κ3) is 5.57. The molecule has 0 atom stereocenters. The van der Waals surface area contributed by atoms with Gasteiger partial charge in [-0.25, -0.2) is 13.4 Å². The summed E-state index contributed by atoms with van der Waals surface area (Å²) >= 11 is 3.14. The van der Waals surface area contributed by atoms with Crippen LogP contribution in [0.2, 0.25) is 0 Å². The average molecular weight is 541 g/mol. The number of fused-ring (bicyclic) bond motifs is 1. The number of thioether (sulfide) groups is 1. The van der Waals surface area contributed by atoms with E-state index in [9.17, 15) is 13.2 Å². The van der Waals surface area contributed by atoms with E-state index in [1.165, 1.54) is 34.8 Å². The Kier molecular flexibility index (Phi) is 7.99. The number of nitrogens with zero attached hydrogens (tertiary/aromatic N) is 4. The molecule has 0 unspecified atom stereocenters. The number of hydrogen-bond donors (Lipinski definition) is 0. The van der Waals surface area contributed by atoms with Gasteiger partial charge >= 0.3 is 0 Å². The number of rotatable bonds is 9. The van der Waals surface area contributed by atoms with Gasteiger partial charge in [0.15, 0.2) is 5.13 Å². The first-order valence-corrected chi connectivity index (χ1v) is 14.7. The van der Waals surface area contributed by atoms with Gasteiger partial charge in [-0.15, -0.1) is 11.8 Å². The molecule has 10 heteroatoms. The number of thiazole rings is 1. The zero-order valence-corrected chi connectivity index (χ0v) is 23.0. The fourth-order valence-electron chi connectivity index (χ4n) is 3.58. The van der Waals surface area contributed by atoms with Crippen LogP contribution in [0.15, 0.2) is 82.6 Å². The Morgan fingerprint density at radius 3 is 2.28 bits per heavy atom. The van der Waals surface area contributed by atoms with Crippen LogP contribution in [-0.2, 0) is 10.0 Å². The van der Waals surface area contributed by atoms with Crippen molar-refractivity contribution in [2.45, 2.75) is 9.79 Å². The third-order valence-electron chi connectivity index (χ3n) is 5.71. The van der Waals surface area contributed by atoms with E-state index in [4.69, 9.17) is 4.98 Å². The zero-order chi connectivity index (χ0) is 25.9. The second-order valence-electron chi connectivity index (χ2n) is 8.42. The van der Waals surface area contributed by atoms with E-state index in [-0.39, 0.29) is 10.8 Å². The Labute approximate surface area is 220 Å². The van der Waals surface area contributed by atoms with Crippen molar-refractivity contribution in [2.24, 2.45) is 0 Å². The second-order valence-corrected chi connectivity index (χ2v) is 12.3. The molecule has 4 rings (SSSR count). The van der Waals surface area contributed by atoms with Gasteiger partial charge in [-0.3, -0.25) is 14.0 Å². The topological polar surface area (TPSA) is 73.8 Å². The fraction of sp³-hybridized carbons (Fsp3) is 0.231. The summed E-state index contributed by atoms with van der Waals surface area (Å²) in [5.74, 6) is -0.221. The summed E-state index contributed by atoms with van der Waals surface area (Å²) in [4.78, 5) is 23.2. The lowest BCUT2D eigenvalue weighted by Crippen LogP contribution is -2.36. The molecule has 0 N–H and O–H groups in total. The Bertz CT molecular complexity index is 1450. The van der Waals surface area contributed by atoms with E-state index in [0.717, 1.165) is 15.1 Å². The molecular formula is C26H28N4O3S3. The van der Waals surface area contributed by atoms with Crippen molar-refractivity contribution >= 4 is 60.1 Å².